The minimum Gasteiger partial charge on any atom is -0.306 e. The molecule has 0 aromatic heterocycles. The van der Waals surface area contributed by atoms with Crippen molar-refractivity contribution in [1.82, 2.24) is 4.90 Å². The zero-order valence-corrected chi connectivity index (χ0v) is 5.04. The second-order valence-electron chi connectivity index (χ2n) is 2.05. The fraction of sp³-hybridized carbons (Fsp3) is 0.800. The van der Waals surface area contributed by atoms with Gasteiger partial charge in [-0.3, -0.25) is 4.89 Å². The molecule has 1 saturated heterocycles. The lowest BCUT2D eigenvalue weighted by Gasteiger charge is -2.09. The number of amides is 1. The summed E-state index contributed by atoms with van der Waals surface area (Å²) >= 11 is 0. The van der Waals surface area contributed by atoms with Gasteiger partial charge in [-0.05, 0) is 12.8 Å². The molecule has 0 saturated carbocycles. The number of rotatable bonds is 0. The number of nitrogens with zero attached hydrogens (tertiary/aromatic N) is 1. The van der Waals surface area contributed by atoms with Crippen LogP contribution >= 0.6 is 0 Å². The van der Waals surface area contributed by atoms with Gasteiger partial charge < -0.3 is 4.90 Å². The van der Waals surface area contributed by atoms with Crippen molar-refractivity contribution in [2.75, 3.05) is 13.1 Å². The van der Waals surface area contributed by atoms with Gasteiger partial charge in [0.25, 0.3) is 0 Å². The summed E-state index contributed by atoms with van der Waals surface area (Å²) in [7, 11) is 0. The average molecular weight is 131 g/mol. The molecule has 0 bridgehead atoms. The third kappa shape index (κ3) is 1.32. The standard InChI is InChI=1S/C5H9NO3/c7-5(9-8)6-3-1-2-4-6/h8H,1-4H2. The molecule has 0 radical (unpaired) electrons. The van der Waals surface area contributed by atoms with E-state index in [-0.39, 0.29) is 0 Å². The van der Waals surface area contributed by atoms with Crippen LogP contribution < -0.4 is 0 Å². The van der Waals surface area contributed by atoms with Gasteiger partial charge in [-0.1, -0.05) is 0 Å². The number of carbonyl (C=O) groups excluding carboxylic acids is 1. The SMILES string of the molecule is O=C(OO)N1CCCC1. The number of likely N-dealkylation sites (tertiary alicyclic amines) is 1. The van der Waals surface area contributed by atoms with E-state index in [0.717, 1.165) is 12.8 Å². The molecule has 1 heterocycles. The largest absolute Gasteiger partial charge is 0.441 e. The van der Waals surface area contributed by atoms with Crippen molar-refractivity contribution in [3.8, 4) is 0 Å². The van der Waals surface area contributed by atoms with Crippen molar-refractivity contribution in [1.29, 1.82) is 0 Å². The molecule has 1 fully saturated rings. The van der Waals surface area contributed by atoms with Crippen molar-refractivity contribution in [3.63, 3.8) is 0 Å². The first-order valence-corrected chi connectivity index (χ1v) is 2.95. The van der Waals surface area contributed by atoms with Crippen molar-refractivity contribution in [2.24, 2.45) is 0 Å². The smallest absolute Gasteiger partial charge is 0.306 e. The molecule has 0 aromatic carbocycles. The maximum Gasteiger partial charge on any atom is 0.441 e. The molecule has 4 heteroatoms. The topological polar surface area (TPSA) is 49.8 Å². The monoisotopic (exact) mass is 131 g/mol. The van der Waals surface area contributed by atoms with Gasteiger partial charge in [-0.25, -0.2) is 4.79 Å². The fourth-order valence-corrected chi connectivity index (χ4v) is 0.957. The Kier molecular flexibility index (Phi) is 1.89. The lowest BCUT2D eigenvalue weighted by molar-refractivity contribution is -0.186. The summed E-state index contributed by atoms with van der Waals surface area (Å²) < 4.78 is 0. The quantitative estimate of drug-likeness (QED) is 0.388. The van der Waals surface area contributed by atoms with Gasteiger partial charge in [-0.15, -0.1) is 0 Å². The van der Waals surface area contributed by atoms with E-state index in [0.29, 0.717) is 13.1 Å². The Morgan fingerprint density at radius 3 is 2.44 bits per heavy atom. The van der Waals surface area contributed by atoms with E-state index in [2.05, 4.69) is 4.89 Å². The Labute approximate surface area is 53.0 Å². The first kappa shape index (κ1) is 6.35. The Hall–Kier alpha value is -0.770. The van der Waals surface area contributed by atoms with Gasteiger partial charge >= 0.3 is 6.09 Å². The van der Waals surface area contributed by atoms with Crippen molar-refractivity contribution >= 4 is 6.09 Å². The molecule has 0 aromatic rings. The number of hydrogen-bond acceptors (Lipinski definition) is 3. The van der Waals surface area contributed by atoms with Crippen LogP contribution in [0.1, 0.15) is 12.8 Å². The van der Waals surface area contributed by atoms with Crippen LogP contribution in [-0.2, 0) is 4.89 Å². The molecular formula is C5H9NO3. The molecule has 4 nitrogen and oxygen atoms in total. The predicted molar refractivity (Wildman–Crippen MR) is 29.9 cm³/mol. The third-order valence-corrected chi connectivity index (χ3v) is 1.44. The second kappa shape index (κ2) is 2.68. The van der Waals surface area contributed by atoms with Crippen LogP contribution in [0, 0.1) is 0 Å². The maximum atomic E-state index is 10.5. The van der Waals surface area contributed by atoms with Gasteiger partial charge in [0.2, 0.25) is 0 Å². The molecule has 1 rings (SSSR count). The Bertz CT molecular complexity index is 109. The first-order chi connectivity index (χ1) is 4.34. The fourth-order valence-electron chi connectivity index (χ4n) is 0.957. The highest BCUT2D eigenvalue weighted by Crippen LogP contribution is 2.07. The molecule has 0 unspecified atom stereocenters. The minimum atomic E-state index is -0.632. The number of hydrogen-bond donors (Lipinski definition) is 1. The van der Waals surface area contributed by atoms with Crippen LogP contribution in [0.25, 0.3) is 0 Å². The minimum absolute atomic E-state index is 0.632. The Morgan fingerprint density at radius 1 is 1.44 bits per heavy atom. The van der Waals surface area contributed by atoms with Crippen LogP contribution in [0.5, 0.6) is 0 Å². The van der Waals surface area contributed by atoms with Crippen molar-refractivity contribution < 1.29 is 14.9 Å². The molecular weight excluding hydrogens is 122 g/mol. The average Bonchev–Trinajstić information content (AvgIpc) is 2.37. The van der Waals surface area contributed by atoms with Gasteiger partial charge in [-0.2, -0.15) is 5.26 Å². The molecule has 0 atom stereocenters. The lowest BCUT2D eigenvalue weighted by atomic mass is 10.4. The summed E-state index contributed by atoms with van der Waals surface area (Å²) in [6.07, 6.45) is 1.39. The van der Waals surface area contributed by atoms with E-state index in [1.807, 2.05) is 0 Å². The molecule has 1 N–H and O–H groups in total. The zero-order chi connectivity index (χ0) is 6.69. The highest BCUT2D eigenvalue weighted by atomic mass is 17.1. The highest BCUT2D eigenvalue weighted by Gasteiger charge is 2.18. The maximum absolute atomic E-state index is 10.5. The molecule has 1 aliphatic heterocycles. The van der Waals surface area contributed by atoms with E-state index in [4.69, 9.17) is 5.26 Å². The molecule has 9 heavy (non-hydrogen) atoms. The lowest BCUT2D eigenvalue weighted by Crippen LogP contribution is -2.27. The van der Waals surface area contributed by atoms with Crippen LogP contribution in [0.15, 0.2) is 0 Å². The van der Waals surface area contributed by atoms with Crippen LogP contribution in [0.3, 0.4) is 0 Å². The summed E-state index contributed by atoms with van der Waals surface area (Å²) in [6, 6.07) is 0. The molecule has 1 amide bonds. The van der Waals surface area contributed by atoms with E-state index in [1.165, 1.54) is 4.90 Å². The summed E-state index contributed by atoms with van der Waals surface area (Å²) in [5.74, 6) is 0. The molecule has 52 valence electrons. The zero-order valence-electron chi connectivity index (χ0n) is 5.04. The van der Waals surface area contributed by atoms with Crippen molar-refractivity contribution in [3.05, 3.63) is 0 Å². The highest BCUT2D eigenvalue weighted by molar-refractivity contribution is 5.66. The van der Waals surface area contributed by atoms with Gasteiger partial charge in [0, 0.05) is 13.1 Å². The molecule has 0 aliphatic carbocycles. The van der Waals surface area contributed by atoms with Gasteiger partial charge in [0.05, 0.1) is 0 Å². The van der Waals surface area contributed by atoms with Crippen LogP contribution in [-0.4, -0.2) is 29.3 Å². The first-order valence-electron chi connectivity index (χ1n) is 2.95. The molecule has 0 spiro atoms. The summed E-state index contributed by atoms with van der Waals surface area (Å²) in [5.41, 5.74) is 0. The number of carbonyl (C=O) groups is 1. The van der Waals surface area contributed by atoms with E-state index >= 15 is 0 Å². The van der Waals surface area contributed by atoms with Gasteiger partial charge in [0.1, 0.15) is 0 Å². The predicted octanol–water partition coefficient (Wildman–Crippen LogP) is 0.692. The summed E-state index contributed by atoms with van der Waals surface area (Å²) in [4.78, 5) is 15.5. The normalized spacial score (nSPS) is 18.1. The van der Waals surface area contributed by atoms with Crippen molar-refractivity contribution in [2.45, 2.75) is 12.8 Å². The second-order valence-corrected chi connectivity index (χ2v) is 2.05. The summed E-state index contributed by atoms with van der Waals surface area (Å²) in [6.45, 7) is 1.42. The van der Waals surface area contributed by atoms with Crippen LogP contribution in [0.4, 0.5) is 4.79 Å². The third-order valence-electron chi connectivity index (χ3n) is 1.44. The molecule has 1 aliphatic rings. The van der Waals surface area contributed by atoms with E-state index in [1.54, 1.807) is 0 Å². The summed E-state index contributed by atoms with van der Waals surface area (Å²) in [5, 5.41) is 7.90. The van der Waals surface area contributed by atoms with Gasteiger partial charge in [0.15, 0.2) is 0 Å². The van der Waals surface area contributed by atoms with Crippen LogP contribution in [0.2, 0.25) is 0 Å². The van der Waals surface area contributed by atoms with E-state index < -0.39 is 6.09 Å². The Morgan fingerprint density at radius 2 is 2.00 bits per heavy atom. The Balaban J connectivity index is 2.32. The van der Waals surface area contributed by atoms with E-state index in [9.17, 15) is 4.79 Å².